The van der Waals surface area contributed by atoms with Crippen molar-refractivity contribution in [2.24, 2.45) is 0 Å². The second kappa shape index (κ2) is 18.9. The number of rotatable bonds is 10. The highest BCUT2D eigenvalue weighted by molar-refractivity contribution is 6.22. The number of benzene rings is 13. The molecule has 0 aromatic heterocycles. The van der Waals surface area contributed by atoms with Gasteiger partial charge < -0.3 is 4.90 Å². The largest absolute Gasteiger partial charge is 0.309 e. The summed E-state index contributed by atoms with van der Waals surface area (Å²) in [6.07, 6.45) is 0. The minimum Gasteiger partial charge on any atom is -0.309 e. The lowest BCUT2D eigenvalue weighted by Gasteiger charge is -2.36. The fourth-order valence-electron chi connectivity index (χ4n) is 12.3. The summed E-state index contributed by atoms with van der Waals surface area (Å²) in [5.74, 6) is 0. The number of nitrogens with zero attached hydrogens (tertiary/aromatic N) is 1. The van der Waals surface area contributed by atoms with Crippen LogP contribution in [0.3, 0.4) is 0 Å². The molecule has 0 heterocycles. The Morgan fingerprint density at radius 2 is 0.605 bits per heavy atom. The molecule has 0 fully saturated rings. The highest BCUT2D eigenvalue weighted by atomic mass is 15.1. The maximum Gasteiger partial charge on any atom is 0.0714 e. The van der Waals surface area contributed by atoms with Crippen LogP contribution in [0.15, 0.2) is 309 Å². The van der Waals surface area contributed by atoms with Crippen molar-refractivity contribution in [3.05, 3.63) is 332 Å². The molecule has 14 rings (SSSR count). The minimum absolute atomic E-state index is 0.576. The molecule has 1 aliphatic carbocycles. The van der Waals surface area contributed by atoms with Gasteiger partial charge in [-0.25, -0.2) is 0 Å². The van der Waals surface area contributed by atoms with Crippen molar-refractivity contribution in [2.75, 3.05) is 4.90 Å². The molecule has 0 bridgehead atoms. The van der Waals surface area contributed by atoms with Crippen LogP contribution < -0.4 is 4.90 Å². The summed E-state index contributed by atoms with van der Waals surface area (Å²) in [4.78, 5) is 2.54. The lowest BCUT2D eigenvalue weighted by Crippen LogP contribution is -2.28. The molecule has 356 valence electrons. The summed E-state index contributed by atoms with van der Waals surface area (Å²) in [5, 5.41) is 4.82. The van der Waals surface area contributed by atoms with Crippen molar-refractivity contribution >= 4 is 38.6 Å². The van der Waals surface area contributed by atoms with E-state index in [-0.39, 0.29) is 0 Å². The van der Waals surface area contributed by atoms with Crippen molar-refractivity contribution < 1.29 is 0 Å². The number of fused-ring (bicyclic) bond motifs is 6. The predicted octanol–water partition coefficient (Wildman–Crippen LogP) is 20.2. The van der Waals surface area contributed by atoms with E-state index >= 15 is 0 Å². The summed E-state index contributed by atoms with van der Waals surface area (Å²) in [6.45, 7) is 0. The zero-order valence-electron chi connectivity index (χ0n) is 41.9. The van der Waals surface area contributed by atoms with Crippen LogP contribution in [0.2, 0.25) is 0 Å². The molecule has 0 atom stereocenters. The van der Waals surface area contributed by atoms with Gasteiger partial charge in [0.1, 0.15) is 0 Å². The van der Waals surface area contributed by atoms with Crippen molar-refractivity contribution in [3.63, 3.8) is 0 Å². The van der Waals surface area contributed by atoms with Gasteiger partial charge in [-0.1, -0.05) is 273 Å². The van der Waals surface area contributed by atoms with Gasteiger partial charge in [0.25, 0.3) is 0 Å². The van der Waals surface area contributed by atoms with Crippen LogP contribution in [0.25, 0.3) is 88.3 Å². The first-order chi connectivity index (χ1) is 37.7. The van der Waals surface area contributed by atoms with Crippen molar-refractivity contribution in [3.8, 4) is 66.8 Å². The number of hydrogen-bond acceptors (Lipinski definition) is 1. The van der Waals surface area contributed by atoms with Crippen LogP contribution in [-0.2, 0) is 5.41 Å². The molecule has 1 heteroatoms. The predicted molar refractivity (Wildman–Crippen MR) is 321 cm³/mol. The van der Waals surface area contributed by atoms with Gasteiger partial charge in [0.05, 0.1) is 11.1 Å². The van der Waals surface area contributed by atoms with E-state index in [9.17, 15) is 0 Å². The molecular formula is C75H51N. The monoisotopic (exact) mass is 965 g/mol. The zero-order chi connectivity index (χ0) is 50.4. The summed E-state index contributed by atoms with van der Waals surface area (Å²) >= 11 is 0. The van der Waals surface area contributed by atoms with E-state index in [0.717, 1.165) is 28.2 Å². The molecule has 0 spiro atoms. The highest BCUT2D eigenvalue weighted by Crippen LogP contribution is 2.57. The molecule has 1 nitrogen and oxygen atoms in total. The van der Waals surface area contributed by atoms with Crippen LogP contribution in [-0.4, -0.2) is 0 Å². The van der Waals surface area contributed by atoms with E-state index in [2.05, 4.69) is 314 Å². The van der Waals surface area contributed by atoms with Gasteiger partial charge in [-0.15, -0.1) is 0 Å². The molecule has 0 aliphatic heterocycles. The first-order valence-electron chi connectivity index (χ1n) is 26.3. The second-order valence-corrected chi connectivity index (χ2v) is 19.9. The average Bonchev–Trinajstić information content (AvgIpc) is 4.00. The Morgan fingerprint density at radius 3 is 1.18 bits per heavy atom. The maximum absolute atomic E-state index is 2.54. The molecule has 13 aromatic carbocycles. The molecular weight excluding hydrogens is 915 g/mol. The summed E-state index contributed by atoms with van der Waals surface area (Å²) in [7, 11) is 0. The van der Waals surface area contributed by atoms with E-state index in [1.807, 2.05) is 0 Å². The molecule has 0 radical (unpaired) electrons. The Labute approximate surface area is 444 Å². The molecule has 0 unspecified atom stereocenters. The van der Waals surface area contributed by atoms with Gasteiger partial charge in [-0.2, -0.15) is 0 Å². The van der Waals surface area contributed by atoms with E-state index in [1.165, 1.54) is 99.4 Å². The van der Waals surface area contributed by atoms with Gasteiger partial charge in [0, 0.05) is 22.3 Å². The Hall–Kier alpha value is -9.82. The van der Waals surface area contributed by atoms with Crippen molar-refractivity contribution in [1.82, 2.24) is 0 Å². The zero-order valence-corrected chi connectivity index (χ0v) is 41.9. The SMILES string of the molecule is c1ccc(-c2cccc(-c3ccc(-c4ccc(N(c5cccc(C6(c7ccccc7)c7ccccc7-c7ccccc76)c5)c5c(-c6cccc(-c7ccccc7)c6)c6ccccc6c6ccccc56)cc4)cc3)c2)cc1. The first kappa shape index (κ1) is 44.8. The summed E-state index contributed by atoms with van der Waals surface area (Å²) in [6, 6.07) is 114. The average molecular weight is 966 g/mol. The van der Waals surface area contributed by atoms with E-state index in [1.54, 1.807) is 0 Å². The number of anilines is 3. The van der Waals surface area contributed by atoms with Crippen LogP contribution in [0.1, 0.15) is 22.3 Å². The van der Waals surface area contributed by atoms with Crippen LogP contribution in [0.4, 0.5) is 17.1 Å². The highest BCUT2D eigenvalue weighted by Gasteiger charge is 2.46. The standard InChI is InChI=1S/C75H51N/c1-4-21-52(22-5-1)57-25-18-26-58(49-57)56-43-41-54(42-44-56)55-45-47-63(48-46-55)76(64-32-20-31-62(51-64)75(61-29-8-3-9-30-61)71-39-16-14-35-67(71)68-36-15-17-40-72(68)75)74-70-38-13-11-34-66(70)65-33-10-12-37-69(65)73(74)60-28-19-27-59(50-60)53-23-6-2-7-24-53/h1-51H. The van der Waals surface area contributed by atoms with Crippen LogP contribution in [0.5, 0.6) is 0 Å². The second-order valence-electron chi connectivity index (χ2n) is 19.9. The van der Waals surface area contributed by atoms with E-state index < -0.39 is 5.41 Å². The van der Waals surface area contributed by atoms with Gasteiger partial charge in [0.2, 0.25) is 0 Å². The lowest BCUT2D eigenvalue weighted by molar-refractivity contribution is 0.768. The maximum atomic E-state index is 2.54. The smallest absolute Gasteiger partial charge is 0.0714 e. The number of hydrogen-bond donors (Lipinski definition) is 0. The first-order valence-corrected chi connectivity index (χ1v) is 26.3. The van der Waals surface area contributed by atoms with Gasteiger partial charge in [-0.05, 0) is 136 Å². The lowest BCUT2D eigenvalue weighted by atomic mass is 9.67. The molecule has 0 saturated carbocycles. The Morgan fingerprint density at radius 1 is 0.224 bits per heavy atom. The topological polar surface area (TPSA) is 3.24 Å². The summed E-state index contributed by atoms with van der Waals surface area (Å²) in [5.41, 5.74) is 22.1. The third-order valence-electron chi connectivity index (χ3n) is 15.7. The normalized spacial score (nSPS) is 12.3. The molecule has 0 N–H and O–H groups in total. The summed E-state index contributed by atoms with van der Waals surface area (Å²) < 4.78 is 0. The van der Waals surface area contributed by atoms with Gasteiger partial charge in [-0.3, -0.25) is 0 Å². The fraction of sp³-hybridized carbons (Fsp3) is 0.0133. The van der Waals surface area contributed by atoms with E-state index in [4.69, 9.17) is 0 Å². The van der Waals surface area contributed by atoms with Crippen LogP contribution >= 0.6 is 0 Å². The van der Waals surface area contributed by atoms with Gasteiger partial charge >= 0.3 is 0 Å². The van der Waals surface area contributed by atoms with Gasteiger partial charge in [0.15, 0.2) is 0 Å². The molecule has 76 heavy (non-hydrogen) atoms. The molecule has 0 saturated heterocycles. The minimum atomic E-state index is -0.576. The fourth-order valence-corrected chi connectivity index (χ4v) is 12.3. The Kier molecular flexibility index (Phi) is 11.2. The molecule has 13 aromatic rings. The molecule has 0 amide bonds. The Bertz CT molecular complexity index is 4210. The third-order valence-corrected chi connectivity index (χ3v) is 15.7. The van der Waals surface area contributed by atoms with Crippen LogP contribution in [0, 0.1) is 0 Å². The molecule has 1 aliphatic rings. The van der Waals surface area contributed by atoms with E-state index in [0.29, 0.717) is 0 Å². The van der Waals surface area contributed by atoms with Crippen molar-refractivity contribution in [1.29, 1.82) is 0 Å². The quantitative estimate of drug-likeness (QED) is 0.123. The Balaban J connectivity index is 0.988. The van der Waals surface area contributed by atoms with Crippen molar-refractivity contribution in [2.45, 2.75) is 5.41 Å². The third kappa shape index (κ3) is 7.55.